The molecule has 1 amide bonds. The van der Waals surface area contributed by atoms with E-state index in [2.05, 4.69) is 11.2 Å². The number of carbonyl (C=O) groups excluding carboxylic acids is 1. The summed E-state index contributed by atoms with van der Waals surface area (Å²) in [5.41, 5.74) is 3.38. The Morgan fingerprint density at radius 2 is 1.67 bits per heavy atom. The molecule has 0 saturated carbocycles. The van der Waals surface area contributed by atoms with Gasteiger partial charge in [0.25, 0.3) is 0 Å². The molecule has 0 aliphatic heterocycles. The first-order chi connectivity index (χ1) is 12.8. The number of aliphatic carboxylic acids is 1. The molecule has 0 heterocycles. The highest BCUT2D eigenvalue weighted by molar-refractivity contribution is 5.82. The number of fused-ring (bicyclic) bond motifs is 3. The number of carboxylic acids is 1. The third-order valence-electron chi connectivity index (χ3n) is 4.95. The van der Waals surface area contributed by atoms with Crippen molar-refractivity contribution in [3.05, 3.63) is 59.7 Å². The van der Waals surface area contributed by atoms with E-state index in [9.17, 15) is 14.7 Å². The molecule has 5 heteroatoms. The van der Waals surface area contributed by atoms with Gasteiger partial charge in [-0.2, -0.15) is 0 Å². The van der Waals surface area contributed by atoms with Gasteiger partial charge in [0.2, 0.25) is 0 Å². The third kappa shape index (κ3) is 3.52. The van der Waals surface area contributed by atoms with Crippen molar-refractivity contribution in [3.8, 4) is 23.5 Å². The lowest BCUT2D eigenvalue weighted by Gasteiger charge is -2.26. The number of benzene rings is 2. The average molecular weight is 363 g/mol. The standard InChI is InChI=1S/C22H21NO4/c1-4-22(2,3)19(20(24)25)23-21(26)27-13-18-16-11-7-5-9-14(16)15-10-6-8-12-17(15)18/h1,5-12,18-19H,13H2,2-3H3,(H,23,26)(H,24,25)/t19-/m1/s1. The summed E-state index contributed by atoms with van der Waals surface area (Å²) in [4.78, 5) is 23.7. The van der Waals surface area contributed by atoms with E-state index in [0.717, 1.165) is 22.3 Å². The van der Waals surface area contributed by atoms with Crippen LogP contribution in [-0.4, -0.2) is 29.8 Å². The Morgan fingerprint density at radius 1 is 1.15 bits per heavy atom. The smallest absolute Gasteiger partial charge is 0.407 e. The molecule has 1 aliphatic carbocycles. The predicted molar refractivity (Wildman–Crippen MR) is 102 cm³/mol. The molecular formula is C22H21NO4. The van der Waals surface area contributed by atoms with E-state index in [1.807, 2.05) is 48.5 Å². The van der Waals surface area contributed by atoms with Crippen molar-refractivity contribution in [1.82, 2.24) is 5.32 Å². The summed E-state index contributed by atoms with van der Waals surface area (Å²) in [5, 5.41) is 11.7. The van der Waals surface area contributed by atoms with Crippen molar-refractivity contribution >= 4 is 12.1 Å². The molecule has 0 unspecified atom stereocenters. The van der Waals surface area contributed by atoms with Crippen LogP contribution in [0, 0.1) is 17.8 Å². The first-order valence-electron chi connectivity index (χ1n) is 8.67. The van der Waals surface area contributed by atoms with Crippen LogP contribution in [0.5, 0.6) is 0 Å². The van der Waals surface area contributed by atoms with Gasteiger partial charge in [0, 0.05) is 5.92 Å². The van der Waals surface area contributed by atoms with Gasteiger partial charge in [-0.1, -0.05) is 54.5 Å². The summed E-state index contributed by atoms with van der Waals surface area (Å²) in [6, 6.07) is 14.7. The van der Waals surface area contributed by atoms with Crippen LogP contribution in [0.15, 0.2) is 48.5 Å². The van der Waals surface area contributed by atoms with Crippen molar-refractivity contribution in [3.63, 3.8) is 0 Å². The minimum absolute atomic E-state index is 0.0907. The summed E-state index contributed by atoms with van der Waals surface area (Å²) in [6.07, 6.45) is 4.60. The highest BCUT2D eigenvalue weighted by Gasteiger charge is 2.36. The zero-order chi connectivity index (χ0) is 19.6. The maximum absolute atomic E-state index is 12.2. The predicted octanol–water partition coefficient (Wildman–Crippen LogP) is 3.64. The van der Waals surface area contributed by atoms with Gasteiger partial charge >= 0.3 is 12.1 Å². The van der Waals surface area contributed by atoms with Crippen LogP contribution in [0.3, 0.4) is 0 Å². The van der Waals surface area contributed by atoms with E-state index in [-0.39, 0.29) is 12.5 Å². The molecule has 1 aliphatic rings. The van der Waals surface area contributed by atoms with E-state index >= 15 is 0 Å². The fraction of sp³-hybridized carbons (Fsp3) is 0.273. The van der Waals surface area contributed by atoms with Crippen LogP contribution in [0.1, 0.15) is 30.9 Å². The summed E-state index contributed by atoms with van der Waals surface area (Å²) in [5.74, 6) is 1.11. The minimum atomic E-state index is -1.24. The monoisotopic (exact) mass is 363 g/mol. The molecule has 1 atom stereocenters. The largest absolute Gasteiger partial charge is 0.480 e. The zero-order valence-electron chi connectivity index (χ0n) is 15.2. The number of nitrogens with one attached hydrogen (secondary N) is 1. The Kier molecular flexibility index (Phi) is 4.91. The maximum Gasteiger partial charge on any atom is 0.407 e. The Labute approximate surface area is 158 Å². The Hall–Kier alpha value is -3.26. The lowest BCUT2D eigenvalue weighted by molar-refractivity contribution is -0.141. The summed E-state index contributed by atoms with van der Waals surface area (Å²) in [6.45, 7) is 3.27. The van der Waals surface area contributed by atoms with Crippen molar-refractivity contribution < 1.29 is 19.4 Å². The van der Waals surface area contributed by atoms with Gasteiger partial charge in [-0.05, 0) is 36.1 Å². The summed E-state index contributed by atoms with van der Waals surface area (Å²) >= 11 is 0. The quantitative estimate of drug-likeness (QED) is 0.796. The van der Waals surface area contributed by atoms with Crippen LogP contribution >= 0.6 is 0 Å². The molecule has 0 saturated heterocycles. The summed E-state index contributed by atoms with van der Waals surface area (Å²) < 4.78 is 5.38. The molecule has 2 aromatic rings. The van der Waals surface area contributed by atoms with E-state index in [4.69, 9.17) is 11.2 Å². The van der Waals surface area contributed by atoms with Gasteiger partial charge in [0.1, 0.15) is 12.6 Å². The second-order valence-electron chi connectivity index (χ2n) is 7.11. The average Bonchev–Trinajstić information content (AvgIpc) is 2.98. The number of hydrogen-bond donors (Lipinski definition) is 2. The molecule has 0 bridgehead atoms. The zero-order valence-corrected chi connectivity index (χ0v) is 15.2. The van der Waals surface area contributed by atoms with Crippen molar-refractivity contribution in [2.24, 2.45) is 5.41 Å². The number of rotatable bonds is 5. The van der Waals surface area contributed by atoms with E-state index in [0.29, 0.717) is 0 Å². The lowest BCUT2D eigenvalue weighted by Crippen LogP contribution is -2.50. The van der Waals surface area contributed by atoms with Crippen molar-refractivity contribution in [1.29, 1.82) is 0 Å². The van der Waals surface area contributed by atoms with Crippen LogP contribution in [0.25, 0.3) is 11.1 Å². The van der Waals surface area contributed by atoms with Crippen LogP contribution < -0.4 is 5.32 Å². The van der Waals surface area contributed by atoms with Gasteiger partial charge in [0.15, 0.2) is 0 Å². The molecule has 0 aromatic heterocycles. The third-order valence-corrected chi connectivity index (χ3v) is 4.95. The molecule has 5 nitrogen and oxygen atoms in total. The van der Waals surface area contributed by atoms with Crippen LogP contribution in [0.2, 0.25) is 0 Å². The van der Waals surface area contributed by atoms with Gasteiger partial charge in [-0.25, -0.2) is 9.59 Å². The number of amides is 1. The SMILES string of the molecule is C#CC(C)(C)[C@H](NC(=O)OCC1c2ccccc2-c2ccccc21)C(=O)O. The molecule has 0 fully saturated rings. The number of ether oxygens (including phenoxy) is 1. The Bertz CT molecular complexity index is 880. The van der Waals surface area contributed by atoms with Crippen molar-refractivity contribution in [2.75, 3.05) is 6.61 Å². The van der Waals surface area contributed by atoms with Gasteiger partial charge in [0.05, 0.1) is 5.41 Å². The fourth-order valence-corrected chi connectivity index (χ4v) is 3.39. The number of carboxylic acid groups (broad SMARTS) is 1. The maximum atomic E-state index is 12.2. The van der Waals surface area contributed by atoms with Crippen molar-refractivity contribution in [2.45, 2.75) is 25.8 Å². The van der Waals surface area contributed by atoms with Crippen LogP contribution in [-0.2, 0) is 9.53 Å². The first kappa shape index (κ1) is 18.5. The second-order valence-corrected chi connectivity index (χ2v) is 7.11. The fourth-order valence-electron chi connectivity index (χ4n) is 3.39. The molecule has 138 valence electrons. The number of terminal acetylenes is 1. The molecule has 2 aromatic carbocycles. The number of hydrogen-bond acceptors (Lipinski definition) is 3. The topological polar surface area (TPSA) is 75.6 Å². The van der Waals surface area contributed by atoms with E-state index in [1.165, 1.54) is 0 Å². The molecule has 27 heavy (non-hydrogen) atoms. The molecule has 0 spiro atoms. The lowest BCUT2D eigenvalue weighted by atomic mass is 9.85. The van der Waals surface area contributed by atoms with E-state index in [1.54, 1.807) is 13.8 Å². The molecular weight excluding hydrogens is 342 g/mol. The van der Waals surface area contributed by atoms with Gasteiger partial charge in [-0.15, -0.1) is 6.42 Å². The normalized spacial score (nSPS) is 13.8. The second kappa shape index (κ2) is 7.16. The first-order valence-corrected chi connectivity index (χ1v) is 8.67. The van der Waals surface area contributed by atoms with Crippen LogP contribution in [0.4, 0.5) is 4.79 Å². The molecule has 3 rings (SSSR count). The van der Waals surface area contributed by atoms with Gasteiger partial charge in [-0.3, -0.25) is 0 Å². The Balaban J connectivity index is 1.74. The number of carbonyl (C=O) groups is 2. The van der Waals surface area contributed by atoms with E-state index < -0.39 is 23.5 Å². The summed E-state index contributed by atoms with van der Waals surface area (Å²) in [7, 11) is 0. The van der Waals surface area contributed by atoms with Gasteiger partial charge < -0.3 is 15.2 Å². The highest BCUT2D eigenvalue weighted by atomic mass is 16.5. The highest BCUT2D eigenvalue weighted by Crippen LogP contribution is 2.44. The minimum Gasteiger partial charge on any atom is -0.480 e. The Morgan fingerprint density at radius 3 is 2.15 bits per heavy atom. The molecule has 0 radical (unpaired) electrons. The molecule has 2 N–H and O–H groups in total. The number of alkyl carbamates (subject to hydrolysis) is 1.